The van der Waals surface area contributed by atoms with E-state index in [0.29, 0.717) is 12.0 Å². The molecule has 1 aromatic carbocycles. The van der Waals surface area contributed by atoms with Gasteiger partial charge in [0.25, 0.3) is 0 Å². The van der Waals surface area contributed by atoms with Crippen LogP contribution in [0.2, 0.25) is 0 Å². The number of nitrogens with two attached hydrogens (primary N) is 1. The molecule has 0 amide bonds. The first kappa shape index (κ1) is 14.6. The van der Waals surface area contributed by atoms with Crippen LogP contribution in [0.5, 0.6) is 0 Å². The van der Waals surface area contributed by atoms with Gasteiger partial charge in [-0.05, 0) is 32.6 Å². The van der Waals surface area contributed by atoms with E-state index in [-0.39, 0.29) is 0 Å². The fraction of sp³-hybridized carbons (Fsp3) is 0.474. The van der Waals surface area contributed by atoms with Crippen LogP contribution in [0.15, 0.2) is 30.5 Å². The van der Waals surface area contributed by atoms with Crippen LogP contribution >= 0.6 is 0 Å². The Kier molecular flexibility index (Phi) is 3.77. The first-order valence-corrected chi connectivity index (χ1v) is 8.65. The highest BCUT2D eigenvalue weighted by molar-refractivity contribution is 5.60. The molecule has 0 radical (unpaired) electrons. The lowest BCUT2D eigenvalue weighted by atomic mass is 10.0. The SMILES string of the molecule is Cc1ccc(-c2ncc(N3CCC(N)CC3)c(C3CC3)n2)cc1. The van der Waals surface area contributed by atoms with Gasteiger partial charge in [-0.2, -0.15) is 0 Å². The van der Waals surface area contributed by atoms with Crippen molar-refractivity contribution < 1.29 is 0 Å². The molecule has 2 heterocycles. The number of aromatic nitrogens is 2. The van der Waals surface area contributed by atoms with Gasteiger partial charge in [0, 0.05) is 30.6 Å². The van der Waals surface area contributed by atoms with Gasteiger partial charge < -0.3 is 10.6 Å². The summed E-state index contributed by atoms with van der Waals surface area (Å²) in [6, 6.07) is 8.82. The molecule has 2 aliphatic rings. The minimum atomic E-state index is 0.350. The van der Waals surface area contributed by atoms with E-state index in [9.17, 15) is 0 Å². The summed E-state index contributed by atoms with van der Waals surface area (Å²) in [5.41, 5.74) is 10.9. The molecule has 120 valence electrons. The van der Waals surface area contributed by atoms with Crippen molar-refractivity contribution in [3.8, 4) is 11.4 Å². The number of nitrogens with zero attached hydrogens (tertiary/aromatic N) is 3. The van der Waals surface area contributed by atoms with Crippen LogP contribution in [-0.4, -0.2) is 29.1 Å². The fourth-order valence-corrected chi connectivity index (χ4v) is 3.27. The van der Waals surface area contributed by atoms with Gasteiger partial charge in [0.15, 0.2) is 5.82 Å². The van der Waals surface area contributed by atoms with Gasteiger partial charge >= 0.3 is 0 Å². The maximum absolute atomic E-state index is 6.04. The monoisotopic (exact) mass is 308 g/mol. The Bertz CT molecular complexity index is 683. The quantitative estimate of drug-likeness (QED) is 0.945. The van der Waals surface area contributed by atoms with E-state index < -0.39 is 0 Å². The highest BCUT2D eigenvalue weighted by Crippen LogP contribution is 2.44. The number of rotatable bonds is 3. The number of benzene rings is 1. The van der Waals surface area contributed by atoms with Crippen LogP contribution in [0.3, 0.4) is 0 Å². The molecular weight excluding hydrogens is 284 g/mol. The van der Waals surface area contributed by atoms with Gasteiger partial charge in [0.1, 0.15) is 0 Å². The van der Waals surface area contributed by atoms with Crippen LogP contribution < -0.4 is 10.6 Å². The third-order valence-electron chi connectivity index (χ3n) is 4.95. The summed E-state index contributed by atoms with van der Waals surface area (Å²) in [6.45, 7) is 4.15. The molecule has 4 nitrogen and oxygen atoms in total. The smallest absolute Gasteiger partial charge is 0.159 e. The first-order chi connectivity index (χ1) is 11.2. The van der Waals surface area contributed by atoms with Crippen molar-refractivity contribution in [2.75, 3.05) is 18.0 Å². The van der Waals surface area contributed by atoms with E-state index in [2.05, 4.69) is 41.1 Å². The van der Waals surface area contributed by atoms with Crippen molar-refractivity contribution in [2.45, 2.75) is 44.6 Å². The van der Waals surface area contributed by atoms with Crippen molar-refractivity contribution >= 4 is 5.69 Å². The van der Waals surface area contributed by atoms with Gasteiger partial charge in [-0.15, -0.1) is 0 Å². The molecule has 1 saturated carbocycles. The summed E-state index contributed by atoms with van der Waals surface area (Å²) in [7, 11) is 0. The maximum atomic E-state index is 6.04. The number of aryl methyl sites for hydroxylation is 1. The minimum Gasteiger partial charge on any atom is -0.369 e. The van der Waals surface area contributed by atoms with E-state index in [0.717, 1.165) is 37.3 Å². The summed E-state index contributed by atoms with van der Waals surface area (Å²) < 4.78 is 0. The maximum Gasteiger partial charge on any atom is 0.159 e. The highest BCUT2D eigenvalue weighted by Gasteiger charge is 2.31. The van der Waals surface area contributed by atoms with Gasteiger partial charge in [0.05, 0.1) is 17.6 Å². The number of anilines is 1. The topological polar surface area (TPSA) is 55.0 Å². The molecule has 2 aromatic rings. The first-order valence-electron chi connectivity index (χ1n) is 8.65. The summed E-state index contributed by atoms with van der Waals surface area (Å²) in [5.74, 6) is 1.47. The van der Waals surface area contributed by atoms with Crippen LogP contribution in [0.1, 0.15) is 42.9 Å². The second-order valence-corrected chi connectivity index (χ2v) is 6.93. The second kappa shape index (κ2) is 5.93. The molecule has 0 atom stereocenters. The number of hydrogen-bond acceptors (Lipinski definition) is 4. The molecule has 1 aliphatic carbocycles. The summed E-state index contributed by atoms with van der Waals surface area (Å²) >= 11 is 0. The molecule has 0 bridgehead atoms. The second-order valence-electron chi connectivity index (χ2n) is 6.93. The van der Waals surface area contributed by atoms with Crippen LogP contribution in [0.4, 0.5) is 5.69 Å². The summed E-state index contributed by atoms with van der Waals surface area (Å²) in [6.07, 6.45) is 6.66. The summed E-state index contributed by atoms with van der Waals surface area (Å²) in [4.78, 5) is 12.0. The van der Waals surface area contributed by atoms with Crippen molar-refractivity contribution in [3.05, 3.63) is 41.7 Å². The normalized spacial score (nSPS) is 19.1. The zero-order valence-corrected chi connectivity index (χ0v) is 13.7. The molecule has 1 aromatic heterocycles. The van der Waals surface area contributed by atoms with Gasteiger partial charge in [-0.3, -0.25) is 0 Å². The van der Waals surface area contributed by atoms with Crippen LogP contribution in [0.25, 0.3) is 11.4 Å². The van der Waals surface area contributed by atoms with E-state index >= 15 is 0 Å². The van der Waals surface area contributed by atoms with Crippen molar-refractivity contribution in [1.82, 2.24) is 9.97 Å². The molecule has 1 aliphatic heterocycles. The predicted molar refractivity (Wildman–Crippen MR) is 93.6 cm³/mol. The molecule has 4 heteroatoms. The lowest BCUT2D eigenvalue weighted by Crippen LogP contribution is -2.40. The highest BCUT2D eigenvalue weighted by atomic mass is 15.2. The van der Waals surface area contributed by atoms with E-state index in [1.165, 1.54) is 29.8 Å². The zero-order valence-electron chi connectivity index (χ0n) is 13.7. The molecule has 23 heavy (non-hydrogen) atoms. The van der Waals surface area contributed by atoms with E-state index in [1.54, 1.807) is 0 Å². The fourth-order valence-electron chi connectivity index (χ4n) is 3.27. The van der Waals surface area contributed by atoms with E-state index in [1.807, 2.05) is 6.20 Å². The summed E-state index contributed by atoms with van der Waals surface area (Å²) in [5, 5.41) is 0. The Morgan fingerprint density at radius 1 is 1.04 bits per heavy atom. The van der Waals surface area contributed by atoms with Crippen LogP contribution in [0, 0.1) is 6.92 Å². The minimum absolute atomic E-state index is 0.350. The van der Waals surface area contributed by atoms with Gasteiger partial charge in [-0.1, -0.05) is 29.8 Å². The molecule has 2 fully saturated rings. The largest absolute Gasteiger partial charge is 0.369 e. The van der Waals surface area contributed by atoms with Gasteiger partial charge in [-0.25, -0.2) is 9.97 Å². The molecular formula is C19H24N4. The lowest BCUT2D eigenvalue weighted by Gasteiger charge is -2.32. The Morgan fingerprint density at radius 3 is 2.39 bits per heavy atom. The average Bonchev–Trinajstić information content (AvgIpc) is 3.41. The Labute approximate surface area is 137 Å². The molecule has 0 unspecified atom stereocenters. The Hall–Kier alpha value is -1.94. The van der Waals surface area contributed by atoms with E-state index in [4.69, 9.17) is 10.7 Å². The number of hydrogen-bond donors (Lipinski definition) is 1. The molecule has 1 saturated heterocycles. The average molecular weight is 308 g/mol. The van der Waals surface area contributed by atoms with Crippen molar-refractivity contribution in [3.63, 3.8) is 0 Å². The standard InChI is InChI=1S/C19H24N4/c1-13-2-4-15(5-3-13)19-21-12-17(18(22-19)14-6-7-14)23-10-8-16(20)9-11-23/h2-5,12,14,16H,6-11,20H2,1H3. The third-order valence-corrected chi connectivity index (χ3v) is 4.95. The predicted octanol–water partition coefficient (Wildman–Crippen LogP) is 3.26. The third kappa shape index (κ3) is 3.08. The van der Waals surface area contributed by atoms with Gasteiger partial charge in [0.2, 0.25) is 0 Å². The molecule has 4 rings (SSSR count). The lowest BCUT2D eigenvalue weighted by molar-refractivity contribution is 0.499. The Balaban J connectivity index is 1.67. The number of piperidine rings is 1. The molecule has 0 spiro atoms. The molecule has 2 N–H and O–H groups in total. The van der Waals surface area contributed by atoms with Crippen LogP contribution in [-0.2, 0) is 0 Å². The van der Waals surface area contributed by atoms with Crippen molar-refractivity contribution in [1.29, 1.82) is 0 Å². The zero-order chi connectivity index (χ0) is 15.8. The Morgan fingerprint density at radius 2 is 1.74 bits per heavy atom. The van der Waals surface area contributed by atoms with Crippen molar-refractivity contribution in [2.24, 2.45) is 5.73 Å².